The molecule has 2 amide bonds. The Morgan fingerprint density at radius 3 is 2.20 bits per heavy atom. The van der Waals surface area contributed by atoms with E-state index in [0.717, 1.165) is 35.7 Å². The van der Waals surface area contributed by atoms with E-state index >= 15 is 0 Å². The summed E-state index contributed by atoms with van der Waals surface area (Å²) >= 11 is 0. The summed E-state index contributed by atoms with van der Waals surface area (Å²) < 4.78 is 27.9. The van der Waals surface area contributed by atoms with E-state index in [1.165, 1.54) is 17.2 Å². The van der Waals surface area contributed by atoms with Crippen molar-refractivity contribution in [1.29, 1.82) is 0 Å². The van der Waals surface area contributed by atoms with Crippen molar-refractivity contribution >= 4 is 28.3 Å². The van der Waals surface area contributed by atoms with Gasteiger partial charge >= 0.3 is 0 Å². The van der Waals surface area contributed by atoms with Gasteiger partial charge in [0.1, 0.15) is 23.2 Å². The van der Waals surface area contributed by atoms with Crippen molar-refractivity contribution in [1.82, 2.24) is 5.32 Å². The summed E-state index contributed by atoms with van der Waals surface area (Å²) in [5.74, 6) is -3.62. The summed E-state index contributed by atoms with van der Waals surface area (Å²) in [6.45, 7) is 3.52. The molecule has 4 nitrogen and oxygen atoms in total. The summed E-state index contributed by atoms with van der Waals surface area (Å²) in [5.41, 5.74) is 2.46. The van der Waals surface area contributed by atoms with Gasteiger partial charge in [-0.2, -0.15) is 0 Å². The Bertz CT molecular complexity index is 1130. The van der Waals surface area contributed by atoms with Gasteiger partial charge in [0.05, 0.1) is 0 Å². The Morgan fingerprint density at radius 1 is 0.900 bits per heavy atom. The van der Waals surface area contributed by atoms with Crippen LogP contribution in [0.5, 0.6) is 0 Å². The minimum Gasteiger partial charge on any atom is -0.340 e. The lowest BCUT2D eigenvalue weighted by molar-refractivity contribution is -0.118. The molecule has 154 valence electrons. The van der Waals surface area contributed by atoms with Gasteiger partial charge in [0.25, 0.3) is 5.91 Å². The molecule has 0 saturated heterocycles. The van der Waals surface area contributed by atoms with Crippen molar-refractivity contribution in [2.45, 2.75) is 32.7 Å². The molecule has 4 rings (SSSR count). The third-order valence-corrected chi connectivity index (χ3v) is 5.56. The molecule has 0 heterocycles. The van der Waals surface area contributed by atoms with Crippen molar-refractivity contribution in [2.75, 3.05) is 5.32 Å². The lowest BCUT2D eigenvalue weighted by atomic mass is 10.0. The lowest BCUT2D eigenvalue weighted by Crippen LogP contribution is -2.47. The van der Waals surface area contributed by atoms with Crippen LogP contribution in [-0.4, -0.2) is 17.9 Å². The van der Waals surface area contributed by atoms with Crippen LogP contribution in [0, 0.1) is 17.6 Å². The van der Waals surface area contributed by atoms with Gasteiger partial charge in [-0.15, -0.1) is 0 Å². The fourth-order valence-electron chi connectivity index (χ4n) is 4.03. The van der Waals surface area contributed by atoms with Gasteiger partial charge in [0.15, 0.2) is 0 Å². The number of aryl methyl sites for hydroxylation is 2. The second-order valence-corrected chi connectivity index (χ2v) is 7.89. The van der Waals surface area contributed by atoms with Gasteiger partial charge in [-0.25, -0.2) is 8.78 Å². The van der Waals surface area contributed by atoms with Gasteiger partial charge < -0.3 is 10.6 Å². The number of carbonyl (C=O) groups excluding carboxylic acids is 2. The standard InChI is InChI=1S/C24H22F2N2O2/c1-13(2)22(28-23(29)21-17(25)7-4-8-18(21)26)24(30)27-19-12-11-15-10-9-14-5-3-6-16(19)20(14)15/h3-8,11-13,22H,9-10H2,1-2H3,(H,27,30)(H,28,29). The highest BCUT2D eigenvalue weighted by molar-refractivity contribution is 6.07. The summed E-state index contributed by atoms with van der Waals surface area (Å²) in [5, 5.41) is 7.49. The predicted molar refractivity (Wildman–Crippen MR) is 112 cm³/mol. The van der Waals surface area contributed by atoms with Crippen LogP contribution in [0.15, 0.2) is 48.5 Å². The average Bonchev–Trinajstić information content (AvgIpc) is 3.12. The molecular weight excluding hydrogens is 386 g/mol. The molecule has 1 aliphatic carbocycles. The third-order valence-electron chi connectivity index (χ3n) is 5.56. The maximum absolute atomic E-state index is 14.0. The van der Waals surface area contributed by atoms with E-state index < -0.39 is 35.1 Å². The molecule has 0 saturated carbocycles. The normalized spacial score (nSPS) is 13.5. The van der Waals surface area contributed by atoms with Crippen LogP contribution in [0.2, 0.25) is 0 Å². The highest BCUT2D eigenvalue weighted by atomic mass is 19.1. The summed E-state index contributed by atoms with van der Waals surface area (Å²) in [7, 11) is 0. The number of hydrogen-bond donors (Lipinski definition) is 2. The van der Waals surface area contributed by atoms with Crippen molar-refractivity contribution in [3.63, 3.8) is 0 Å². The van der Waals surface area contributed by atoms with E-state index in [2.05, 4.69) is 16.7 Å². The monoisotopic (exact) mass is 408 g/mol. The van der Waals surface area contributed by atoms with Crippen LogP contribution < -0.4 is 10.6 Å². The van der Waals surface area contributed by atoms with Gasteiger partial charge in [0, 0.05) is 11.1 Å². The average molecular weight is 408 g/mol. The first kappa shape index (κ1) is 20.0. The third kappa shape index (κ3) is 3.54. The van der Waals surface area contributed by atoms with Crippen LogP contribution in [0.4, 0.5) is 14.5 Å². The minimum atomic E-state index is -0.970. The second kappa shape index (κ2) is 7.86. The van der Waals surface area contributed by atoms with E-state index in [1.54, 1.807) is 13.8 Å². The zero-order chi connectivity index (χ0) is 21.4. The number of amides is 2. The topological polar surface area (TPSA) is 58.2 Å². The number of benzene rings is 3. The number of rotatable bonds is 5. The predicted octanol–water partition coefficient (Wildman–Crippen LogP) is 4.61. The van der Waals surface area contributed by atoms with Crippen LogP contribution in [-0.2, 0) is 17.6 Å². The minimum absolute atomic E-state index is 0.291. The first-order chi connectivity index (χ1) is 14.4. The molecule has 1 atom stereocenters. The first-order valence-corrected chi connectivity index (χ1v) is 9.96. The van der Waals surface area contributed by atoms with Crippen LogP contribution >= 0.6 is 0 Å². The number of halogens is 2. The zero-order valence-corrected chi connectivity index (χ0v) is 16.8. The van der Waals surface area contributed by atoms with Gasteiger partial charge in [-0.3, -0.25) is 9.59 Å². The Labute approximate surface area is 173 Å². The summed E-state index contributed by atoms with van der Waals surface area (Å²) in [4.78, 5) is 25.5. The van der Waals surface area contributed by atoms with Gasteiger partial charge in [-0.05, 0) is 53.5 Å². The van der Waals surface area contributed by atoms with Crippen molar-refractivity contribution in [2.24, 2.45) is 5.92 Å². The molecule has 3 aromatic rings. The molecule has 0 bridgehead atoms. The highest BCUT2D eigenvalue weighted by Crippen LogP contribution is 2.35. The second-order valence-electron chi connectivity index (χ2n) is 7.89. The maximum Gasteiger partial charge on any atom is 0.257 e. The molecule has 0 spiro atoms. The Morgan fingerprint density at radius 2 is 1.53 bits per heavy atom. The quantitative estimate of drug-likeness (QED) is 0.648. The highest BCUT2D eigenvalue weighted by Gasteiger charge is 2.28. The van der Waals surface area contributed by atoms with Crippen molar-refractivity contribution in [3.8, 4) is 0 Å². The van der Waals surface area contributed by atoms with Crippen molar-refractivity contribution in [3.05, 3.63) is 76.9 Å². The van der Waals surface area contributed by atoms with Crippen LogP contribution in [0.3, 0.4) is 0 Å². The molecule has 0 fully saturated rings. The smallest absolute Gasteiger partial charge is 0.257 e. The number of anilines is 1. The lowest BCUT2D eigenvalue weighted by Gasteiger charge is -2.22. The van der Waals surface area contributed by atoms with E-state index in [-0.39, 0.29) is 5.92 Å². The first-order valence-electron chi connectivity index (χ1n) is 9.96. The van der Waals surface area contributed by atoms with Gasteiger partial charge in [-0.1, -0.05) is 44.2 Å². The molecule has 6 heteroatoms. The molecule has 0 aliphatic heterocycles. The Kier molecular flexibility index (Phi) is 5.24. The molecule has 1 aliphatic rings. The molecule has 1 unspecified atom stereocenters. The van der Waals surface area contributed by atoms with Crippen LogP contribution in [0.1, 0.15) is 35.3 Å². The maximum atomic E-state index is 14.0. The fourth-order valence-corrected chi connectivity index (χ4v) is 4.03. The molecular formula is C24H22F2N2O2. The SMILES string of the molecule is CC(C)C(NC(=O)c1c(F)cccc1F)C(=O)Nc1ccc2c3c(cccc13)CC2. The van der Waals surface area contributed by atoms with E-state index in [4.69, 9.17) is 0 Å². The van der Waals surface area contributed by atoms with E-state index in [0.29, 0.717) is 5.69 Å². The molecule has 0 radical (unpaired) electrons. The summed E-state index contributed by atoms with van der Waals surface area (Å²) in [6, 6.07) is 12.1. The van der Waals surface area contributed by atoms with E-state index in [1.807, 2.05) is 24.3 Å². The van der Waals surface area contributed by atoms with Crippen molar-refractivity contribution < 1.29 is 18.4 Å². The number of carbonyl (C=O) groups is 2. The summed E-state index contributed by atoms with van der Waals surface area (Å²) in [6.07, 6.45) is 1.95. The van der Waals surface area contributed by atoms with E-state index in [9.17, 15) is 18.4 Å². The Balaban J connectivity index is 1.60. The molecule has 30 heavy (non-hydrogen) atoms. The number of nitrogens with one attached hydrogen (secondary N) is 2. The molecule has 3 aromatic carbocycles. The molecule has 0 aromatic heterocycles. The van der Waals surface area contributed by atoms with Gasteiger partial charge in [0.2, 0.25) is 5.91 Å². The largest absolute Gasteiger partial charge is 0.340 e. The van der Waals surface area contributed by atoms with Crippen LogP contribution in [0.25, 0.3) is 10.8 Å². The zero-order valence-electron chi connectivity index (χ0n) is 16.8. The molecule has 2 N–H and O–H groups in total. The number of hydrogen-bond acceptors (Lipinski definition) is 2. The fraction of sp³-hybridized carbons (Fsp3) is 0.250. The Hall–Kier alpha value is -3.28.